The number of alkyl halides is 3. The van der Waals surface area contributed by atoms with Gasteiger partial charge in [0.2, 0.25) is 0 Å². The van der Waals surface area contributed by atoms with Crippen LogP contribution in [0.4, 0.5) is 13.2 Å². The quantitative estimate of drug-likeness (QED) is 0.855. The van der Waals surface area contributed by atoms with E-state index < -0.39 is 12.6 Å². The van der Waals surface area contributed by atoms with Gasteiger partial charge in [-0.25, -0.2) is 0 Å². The SMILES string of the molecule is CCn1nc(C)cc1CC(CCC(F)(F)F)NC. The molecule has 6 heteroatoms. The molecule has 0 bridgehead atoms. The maximum Gasteiger partial charge on any atom is 0.389 e. The average molecular weight is 263 g/mol. The molecule has 0 aliphatic heterocycles. The van der Waals surface area contributed by atoms with E-state index in [1.54, 1.807) is 7.05 Å². The van der Waals surface area contributed by atoms with Gasteiger partial charge in [-0.2, -0.15) is 18.3 Å². The van der Waals surface area contributed by atoms with E-state index in [1.165, 1.54) is 0 Å². The van der Waals surface area contributed by atoms with Gasteiger partial charge < -0.3 is 5.32 Å². The maximum atomic E-state index is 12.2. The second-order valence-electron chi connectivity index (χ2n) is 4.44. The van der Waals surface area contributed by atoms with Crippen molar-refractivity contribution in [3.05, 3.63) is 17.5 Å². The van der Waals surface area contributed by atoms with Crippen molar-refractivity contribution in [3.8, 4) is 0 Å². The number of hydrogen-bond donors (Lipinski definition) is 1. The Kier molecular flexibility index (Phi) is 5.19. The Morgan fingerprint density at radius 1 is 1.44 bits per heavy atom. The Labute approximate surface area is 105 Å². The van der Waals surface area contributed by atoms with Crippen LogP contribution in [-0.2, 0) is 13.0 Å². The molecule has 1 rings (SSSR count). The van der Waals surface area contributed by atoms with Gasteiger partial charge in [0.25, 0.3) is 0 Å². The normalized spacial score (nSPS) is 13.9. The summed E-state index contributed by atoms with van der Waals surface area (Å²) in [5.74, 6) is 0. The first-order chi connectivity index (χ1) is 8.35. The third kappa shape index (κ3) is 4.68. The van der Waals surface area contributed by atoms with Crippen molar-refractivity contribution in [3.63, 3.8) is 0 Å². The van der Waals surface area contributed by atoms with Gasteiger partial charge in [0.15, 0.2) is 0 Å². The Balaban J connectivity index is 2.62. The summed E-state index contributed by atoms with van der Waals surface area (Å²) in [4.78, 5) is 0. The monoisotopic (exact) mass is 263 g/mol. The summed E-state index contributed by atoms with van der Waals surface area (Å²) in [5, 5.41) is 7.23. The fraction of sp³-hybridized carbons (Fsp3) is 0.750. The summed E-state index contributed by atoms with van der Waals surface area (Å²) in [7, 11) is 1.69. The van der Waals surface area contributed by atoms with Crippen molar-refractivity contribution < 1.29 is 13.2 Å². The van der Waals surface area contributed by atoms with E-state index in [9.17, 15) is 13.2 Å². The van der Waals surface area contributed by atoms with Crippen LogP contribution in [0.1, 0.15) is 31.2 Å². The molecule has 104 valence electrons. The van der Waals surface area contributed by atoms with Gasteiger partial charge in [-0.1, -0.05) is 0 Å². The first-order valence-corrected chi connectivity index (χ1v) is 6.13. The summed E-state index contributed by atoms with van der Waals surface area (Å²) in [6.07, 6.45) is -4.18. The topological polar surface area (TPSA) is 29.9 Å². The van der Waals surface area contributed by atoms with E-state index in [2.05, 4.69) is 10.4 Å². The number of halogens is 3. The molecule has 0 aromatic carbocycles. The highest BCUT2D eigenvalue weighted by molar-refractivity contribution is 5.10. The molecule has 1 heterocycles. The van der Waals surface area contributed by atoms with Crippen molar-refractivity contribution in [2.75, 3.05) is 7.05 Å². The van der Waals surface area contributed by atoms with Gasteiger partial charge in [0.1, 0.15) is 0 Å². The summed E-state index contributed by atoms with van der Waals surface area (Å²) < 4.78 is 38.4. The van der Waals surface area contributed by atoms with Gasteiger partial charge in [0, 0.05) is 31.1 Å². The Morgan fingerprint density at radius 2 is 2.11 bits per heavy atom. The van der Waals surface area contributed by atoms with Gasteiger partial charge in [-0.15, -0.1) is 0 Å². The van der Waals surface area contributed by atoms with E-state index in [0.29, 0.717) is 6.42 Å². The third-order valence-corrected chi connectivity index (χ3v) is 2.93. The lowest BCUT2D eigenvalue weighted by molar-refractivity contribution is -0.136. The zero-order valence-electron chi connectivity index (χ0n) is 11.0. The molecule has 1 unspecified atom stereocenters. The molecule has 0 spiro atoms. The second kappa shape index (κ2) is 6.22. The van der Waals surface area contributed by atoms with Crippen LogP contribution >= 0.6 is 0 Å². The van der Waals surface area contributed by atoms with Gasteiger partial charge in [-0.3, -0.25) is 4.68 Å². The summed E-state index contributed by atoms with van der Waals surface area (Å²) in [5.41, 5.74) is 1.88. The van der Waals surface area contributed by atoms with Crippen molar-refractivity contribution in [1.29, 1.82) is 0 Å². The smallest absolute Gasteiger partial charge is 0.317 e. The Hall–Kier alpha value is -1.04. The van der Waals surface area contributed by atoms with E-state index >= 15 is 0 Å². The molecule has 1 aromatic rings. The van der Waals surface area contributed by atoms with Gasteiger partial charge in [0.05, 0.1) is 5.69 Å². The number of nitrogens with zero attached hydrogens (tertiary/aromatic N) is 2. The van der Waals surface area contributed by atoms with Gasteiger partial charge in [-0.05, 0) is 33.4 Å². The largest absolute Gasteiger partial charge is 0.389 e. The summed E-state index contributed by atoms with van der Waals surface area (Å²) >= 11 is 0. The maximum absolute atomic E-state index is 12.2. The Bertz CT molecular complexity index is 371. The van der Waals surface area contributed by atoms with Crippen LogP contribution in [0.15, 0.2) is 6.07 Å². The molecule has 3 nitrogen and oxygen atoms in total. The lowest BCUT2D eigenvalue weighted by Gasteiger charge is -2.17. The molecule has 0 saturated heterocycles. The van der Waals surface area contributed by atoms with Crippen molar-refractivity contribution in [2.24, 2.45) is 0 Å². The van der Waals surface area contributed by atoms with Gasteiger partial charge >= 0.3 is 6.18 Å². The van der Waals surface area contributed by atoms with E-state index in [4.69, 9.17) is 0 Å². The zero-order valence-corrected chi connectivity index (χ0v) is 11.0. The number of nitrogens with one attached hydrogen (secondary N) is 1. The van der Waals surface area contributed by atoms with Crippen LogP contribution in [0.2, 0.25) is 0 Å². The lowest BCUT2D eigenvalue weighted by Crippen LogP contribution is -2.30. The lowest BCUT2D eigenvalue weighted by atomic mass is 10.1. The van der Waals surface area contributed by atoms with Crippen LogP contribution in [-0.4, -0.2) is 29.0 Å². The summed E-state index contributed by atoms with van der Waals surface area (Å²) in [6, 6.07) is 1.76. The number of hydrogen-bond acceptors (Lipinski definition) is 2. The predicted octanol–water partition coefficient (Wildman–Crippen LogP) is 2.68. The molecular weight excluding hydrogens is 243 g/mol. The molecule has 0 aliphatic rings. The number of likely N-dealkylation sites (N-methyl/N-ethyl adjacent to an activating group) is 1. The molecular formula is C12H20F3N3. The first kappa shape index (κ1) is 15.0. The minimum atomic E-state index is -4.09. The third-order valence-electron chi connectivity index (χ3n) is 2.93. The highest BCUT2D eigenvalue weighted by atomic mass is 19.4. The second-order valence-corrected chi connectivity index (χ2v) is 4.44. The van der Waals surface area contributed by atoms with Crippen molar-refractivity contribution in [2.45, 2.75) is 51.9 Å². The number of rotatable bonds is 6. The van der Waals surface area contributed by atoms with Crippen LogP contribution < -0.4 is 5.32 Å². The molecule has 1 atom stereocenters. The molecule has 0 radical (unpaired) electrons. The zero-order chi connectivity index (χ0) is 13.8. The standard InChI is InChI=1S/C12H20F3N3/c1-4-18-11(7-9(2)17-18)8-10(16-3)5-6-12(13,14)15/h7,10,16H,4-6,8H2,1-3H3. The molecule has 0 amide bonds. The fourth-order valence-corrected chi connectivity index (χ4v) is 1.98. The van der Waals surface area contributed by atoms with E-state index in [0.717, 1.165) is 17.9 Å². The van der Waals surface area contributed by atoms with Crippen LogP contribution in [0.5, 0.6) is 0 Å². The van der Waals surface area contributed by atoms with Crippen LogP contribution in [0.3, 0.4) is 0 Å². The van der Waals surface area contributed by atoms with E-state index in [1.807, 2.05) is 24.6 Å². The highest BCUT2D eigenvalue weighted by Gasteiger charge is 2.28. The average Bonchev–Trinajstić information content (AvgIpc) is 2.63. The van der Waals surface area contributed by atoms with Crippen molar-refractivity contribution >= 4 is 0 Å². The number of aromatic nitrogens is 2. The van der Waals surface area contributed by atoms with Crippen LogP contribution in [0, 0.1) is 6.92 Å². The summed E-state index contributed by atoms with van der Waals surface area (Å²) in [6.45, 7) is 4.60. The molecule has 0 fully saturated rings. The minimum absolute atomic E-state index is 0.0912. The predicted molar refractivity (Wildman–Crippen MR) is 64.5 cm³/mol. The molecule has 0 aliphatic carbocycles. The highest BCUT2D eigenvalue weighted by Crippen LogP contribution is 2.23. The molecule has 18 heavy (non-hydrogen) atoms. The molecule has 1 aromatic heterocycles. The molecule has 0 saturated carbocycles. The fourth-order valence-electron chi connectivity index (χ4n) is 1.98. The van der Waals surface area contributed by atoms with Crippen molar-refractivity contribution in [1.82, 2.24) is 15.1 Å². The molecule has 1 N–H and O–H groups in total. The first-order valence-electron chi connectivity index (χ1n) is 6.13. The van der Waals surface area contributed by atoms with Crippen LogP contribution in [0.25, 0.3) is 0 Å². The Morgan fingerprint density at radius 3 is 2.61 bits per heavy atom. The minimum Gasteiger partial charge on any atom is -0.317 e. The van der Waals surface area contributed by atoms with E-state index in [-0.39, 0.29) is 12.5 Å². The number of aryl methyl sites for hydroxylation is 2.